The summed E-state index contributed by atoms with van der Waals surface area (Å²) in [5.41, 5.74) is 1.53. The largest absolute Gasteiger partial charge is 0.478 e. The van der Waals surface area contributed by atoms with Crippen molar-refractivity contribution in [1.82, 2.24) is 19.4 Å². The van der Waals surface area contributed by atoms with Crippen LogP contribution in [0, 0.1) is 0 Å². The van der Waals surface area contributed by atoms with Gasteiger partial charge in [-0.1, -0.05) is 25.7 Å². The molecule has 1 saturated carbocycles. The Balaban J connectivity index is 0.000000401. The van der Waals surface area contributed by atoms with Gasteiger partial charge >= 0.3 is 5.97 Å². The van der Waals surface area contributed by atoms with E-state index >= 15 is 0 Å². The van der Waals surface area contributed by atoms with E-state index < -0.39 is 5.97 Å². The van der Waals surface area contributed by atoms with E-state index in [2.05, 4.69) is 14.9 Å². The van der Waals surface area contributed by atoms with Crippen molar-refractivity contribution in [2.45, 2.75) is 45.1 Å². The van der Waals surface area contributed by atoms with Gasteiger partial charge in [-0.3, -0.25) is 4.98 Å². The molecular formula is C19H26N4O2. The Kier molecular flexibility index (Phi) is 6.17. The highest BCUT2D eigenvalue weighted by Gasteiger charge is 2.12. The first-order chi connectivity index (χ1) is 12.2. The molecule has 4 rings (SSSR count). The summed E-state index contributed by atoms with van der Waals surface area (Å²) in [4.78, 5) is 21.9. The molecule has 2 aromatic rings. The first-order valence-corrected chi connectivity index (χ1v) is 9.16. The lowest BCUT2D eigenvalue weighted by atomic mass is 10.0. The number of aromatic nitrogens is 3. The molecule has 6 nitrogen and oxygen atoms in total. The third kappa shape index (κ3) is 5.13. The maximum atomic E-state index is 11.0. The Bertz CT molecular complexity index is 684. The van der Waals surface area contributed by atoms with E-state index in [1.807, 2.05) is 10.8 Å². The summed E-state index contributed by atoms with van der Waals surface area (Å²) in [5.74, 6) is -0.952. The number of imidazole rings is 1. The van der Waals surface area contributed by atoms with Crippen molar-refractivity contribution < 1.29 is 9.90 Å². The number of likely N-dealkylation sites (tertiary alicyclic amines) is 1. The van der Waals surface area contributed by atoms with Crippen LogP contribution in [0.1, 0.15) is 48.9 Å². The normalized spacial score (nSPS) is 16.8. The number of hydrogen-bond donors (Lipinski definition) is 1. The quantitative estimate of drug-likeness (QED) is 0.903. The van der Waals surface area contributed by atoms with E-state index in [0.29, 0.717) is 11.4 Å². The lowest BCUT2D eigenvalue weighted by Gasteiger charge is -2.14. The fourth-order valence-electron chi connectivity index (χ4n) is 2.83. The summed E-state index contributed by atoms with van der Waals surface area (Å²) < 4.78 is 2.03. The average molecular weight is 342 g/mol. The van der Waals surface area contributed by atoms with Crippen LogP contribution in [0.25, 0.3) is 11.4 Å². The zero-order valence-corrected chi connectivity index (χ0v) is 14.6. The summed E-state index contributed by atoms with van der Waals surface area (Å²) in [6, 6.07) is 3.03. The second-order valence-corrected chi connectivity index (χ2v) is 6.69. The first-order valence-electron chi connectivity index (χ1n) is 9.16. The van der Waals surface area contributed by atoms with Crippen LogP contribution in [-0.2, 0) is 6.54 Å². The highest BCUT2D eigenvalue weighted by molar-refractivity contribution is 5.88. The van der Waals surface area contributed by atoms with Crippen LogP contribution in [-0.4, -0.2) is 50.1 Å². The standard InChI is InChI=1S/C15H18N4O2.C4H8/c20-15(21)12-3-4-16-13(9-12)14-10-19(11-17-14)8-7-18-5-1-2-6-18;1-2-4-3-1/h3-4,9-11H,1-2,5-8H2,(H,20,21);1-4H2. The number of carboxylic acids is 1. The van der Waals surface area contributed by atoms with Crippen molar-refractivity contribution in [3.8, 4) is 11.4 Å². The number of aromatic carboxylic acids is 1. The van der Waals surface area contributed by atoms with Crippen molar-refractivity contribution in [2.75, 3.05) is 19.6 Å². The minimum atomic E-state index is -0.952. The van der Waals surface area contributed by atoms with Gasteiger partial charge in [0.25, 0.3) is 0 Å². The third-order valence-electron chi connectivity index (χ3n) is 4.78. The fourth-order valence-corrected chi connectivity index (χ4v) is 2.83. The second kappa shape index (κ2) is 8.76. The Hall–Kier alpha value is -2.21. The predicted molar refractivity (Wildman–Crippen MR) is 96.6 cm³/mol. The summed E-state index contributed by atoms with van der Waals surface area (Å²) >= 11 is 0. The van der Waals surface area contributed by atoms with E-state index in [1.165, 1.54) is 63.9 Å². The number of pyridine rings is 1. The zero-order valence-electron chi connectivity index (χ0n) is 14.6. The van der Waals surface area contributed by atoms with Crippen LogP contribution in [0.4, 0.5) is 0 Å². The molecule has 6 heteroatoms. The molecule has 1 aliphatic carbocycles. The monoisotopic (exact) mass is 342 g/mol. The average Bonchev–Trinajstić information content (AvgIpc) is 3.23. The number of hydrogen-bond acceptors (Lipinski definition) is 4. The minimum Gasteiger partial charge on any atom is -0.478 e. The van der Waals surface area contributed by atoms with Crippen LogP contribution < -0.4 is 0 Å². The SMILES string of the molecule is C1CCC1.O=C(O)c1ccnc(-c2cn(CCN3CCCC3)cn2)c1. The molecule has 1 aliphatic heterocycles. The van der Waals surface area contributed by atoms with Gasteiger partial charge < -0.3 is 14.6 Å². The molecule has 0 atom stereocenters. The van der Waals surface area contributed by atoms with E-state index in [0.717, 1.165) is 13.1 Å². The van der Waals surface area contributed by atoms with Gasteiger partial charge in [-0.05, 0) is 38.1 Å². The van der Waals surface area contributed by atoms with Gasteiger partial charge in [0.1, 0.15) is 5.69 Å². The van der Waals surface area contributed by atoms with Crippen LogP contribution in [0.2, 0.25) is 0 Å². The van der Waals surface area contributed by atoms with E-state index in [-0.39, 0.29) is 5.56 Å². The number of carbonyl (C=O) groups is 1. The topological polar surface area (TPSA) is 71.2 Å². The summed E-state index contributed by atoms with van der Waals surface area (Å²) in [5, 5.41) is 9.01. The molecule has 2 fully saturated rings. The second-order valence-electron chi connectivity index (χ2n) is 6.69. The van der Waals surface area contributed by atoms with Gasteiger partial charge in [-0.15, -0.1) is 0 Å². The molecule has 2 aliphatic rings. The fraction of sp³-hybridized carbons (Fsp3) is 0.526. The van der Waals surface area contributed by atoms with Crippen LogP contribution in [0.15, 0.2) is 30.9 Å². The van der Waals surface area contributed by atoms with Gasteiger partial charge in [0.05, 0.1) is 17.6 Å². The molecule has 0 aromatic carbocycles. The summed E-state index contributed by atoms with van der Waals surface area (Å²) in [7, 11) is 0. The molecular weight excluding hydrogens is 316 g/mol. The van der Waals surface area contributed by atoms with Crippen molar-refractivity contribution >= 4 is 5.97 Å². The lowest BCUT2D eigenvalue weighted by Crippen LogP contribution is -2.23. The Labute approximate surface area is 148 Å². The van der Waals surface area contributed by atoms with E-state index in [4.69, 9.17) is 5.11 Å². The molecule has 1 N–H and O–H groups in total. The molecule has 3 heterocycles. The predicted octanol–water partition coefficient (Wildman–Crippen LogP) is 3.30. The molecule has 134 valence electrons. The first kappa shape index (κ1) is 17.6. The maximum Gasteiger partial charge on any atom is 0.335 e. The van der Waals surface area contributed by atoms with Gasteiger partial charge in [-0.25, -0.2) is 9.78 Å². The zero-order chi connectivity index (χ0) is 17.5. The lowest BCUT2D eigenvalue weighted by molar-refractivity contribution is 0.0697. The Morgan fingerprint density at radius 2 is 1.72 bits per heavy atom. The maximum absolute atomic E-state index is 11.0. The van der Waals surface area contributed by atoms with Gasteiger partial charge in [0.2, 0.25) is 0 Å². The van der Waals surface area contributed by atoms with E-state index in [9.17, 15) is 4.79 Å². The van der Waals surface area contributed by atoms with Crippen molar-refractivity contribution in [2.24, 2.45) is 0 Å². The van der Waals surface area contributed by atoms with Crippen LogP contribution in [0.3, 0.4) is 0 Å². The van der Waals surface area contributed by atoms with Crippen molar-refractivity contribution in [1.29, 1.82) is 0 Å². The molecule has 25 heavy (non-hydrogen) atoms. The Morgan fingerprint density at radius 1 is 1.00 bits per heavy atom. The van der Waals surface area contributed by atoms with Crippen LogP contribution in [0.5, 0.6) is 0 Å². The molecule has 0 radical (unpaired) electrons. The molecule has 1 saturated heterocycles. The number of carboxylic acid groups (broad SMARTS) is 1. The van der Waals surface area contributed by atoms with Crippen molar-refractivity contribution in [3.63, 3.8) is 0 Å². The van der Waals surface area contributed by atoms with Crippen LogP contribution >= 0.6 is 0 Å². The number of nitrogens with zero attached hydrogens (tertiary/aromatic N) is 4. The molecule has 0 unspecified atom stereocenters. The third-order valence-corrected chi connectivity index (χ3v) is 4.78. The van der Waals surface area contributed by atoms with Gasteiger partial charge in [-0.2, -0.15) is 0 Å². The van der Waals surface area contributed by atoms with Gasteiger partial charge in [0.15, 0.2) is 0 Å². The molecule has 0 spiro atoms. The molecule has 0 amide bonds. The van der Waals surface area contributed by atoms with Crippen molar-refractivity contribution in [3.05, 3.63) is 36.4 Å². The summed E-state index contributed by atoms with van der Waals surface area (Å²) in [6.07, 6.45) is 13.8. The highest BCUT2D eigenvalue weighted by atomic mass is 16.4. The molecule has 2 aromatic heterocycles. The minimum absolute atomic E-state index is 0.228. The Morgan fingerprint density at radius 3 is 2.36 bits per heavy atom. The summed E-state index contributed by atoms with van der Waals surface area (Å²) in [6.45, 7) is 4.29. The molecule has 0 bridgehead atoms. The highest BCUT2D eigenvalue weighted by Crippen LogP contribution is 2.16. The smallest absolute Gasteiger partial charge is 0.335 e. The van der Waals surface area contributed by atoms with E-state index in [1.54, 1.807) is 12.4 Å². The van der Waals surface area contributed by atoms with Gasteiger partial charge in [0, 0.05) is 25.5 Å². The number of rotatable bonds is 5.